The number of hydrogen-bond donors (Lipinski definition) is 1. The maximum atomic E-state index is 11.4. The van der Waals surface area contributed by atoms with Gasteiger partial charge in [-0.1, -0.05) is 11.8 Å². The van der Waals surface area contributed by atoms with Crippen LogP contribution in [0.5, 0.6) is 0 Å². The Balaban J connectivity index is 3.12. The summed E-state index contributed by atoms with van der Waals surface area (Å²) >= 11 is 8.73. The van der Waals surface area contributed by atoms with E-state index in [-0.39, 0.29) is 6.61 Å². The third-order valence-electron chi connectivity index (χ3n) is 1.54. The third kappa shape index (κ3) is 15.3. The molecule has 0 rings (SSSR count). The summed E-state index contributed by atoms with van der Waals surface area (Å²) < 4.78 is 0. The second-order valence-corrected chi connectivity index (χ2v) is 9.01. The van der Waals surface area contributed by atoms with Crippen molar-refractivity contribution in [1.82, 2.24) is 0 Å². The van der Waals surface area contributed by atoms with Crippen LogP contribution in [0.3, 0.4) is 0 Å². The van der Waals surface area contributed by atoms with E-state index in [1.54, 1.807) is 11.8 Å². The molecule has 17 heavy (non-hydrogen) atoms. The lowest BCUT2D eigenvalue weighted by Gasteiger charge is -2.01. The fourth-order valence-corrected chi connectivity index (χ4v) is 5.41. The van der Waals surface area contributed by atoms with E-state index in [4.69, 9.17) is 5.11 Å². The van der Waals surface area contributed by atoms with Crippen molar-refractivity contribution >= 4 is 63.9 Å². The maximum Gasteiger partial charge on any atom is 0.189 e. The van der Waals surface area contributed by atoms with Crippen molar-refractivity contribution in [3.05, 3.63) is 0 Å². The first-order valence-electron chi connectivity index (χ1n) is 5.30. The summed E-state index contributed by atoms with van der Waals surface area (Å²) in [6.45, 7) is 0.230. The van der Waals surface area contributed by atoms with Crippen LogP contribution in [0.1, 0.15) is 6.42 Å². The van der Waals surface area contributed by atoms with Crippen LogP contribution in [-0.4, -0.2) is 56.3 Å². The molecule has 0 aliphatic heterocycles. The fraction of sp³-hybridized carbons (Fsp3) is 0.900. The lowest BCUT2D eigenvalue weighted by molar-refractivity contribution is -0.110. The molecule has 0 radical (unpaired) electrons. The molecule has 1 N–H and O–H groups in total. The van der Waals surface area contributed by atoms with E-state index in [1.165, 1.54) is 11.8 Å². The Morgan fingerprint density at radius 3 is 2.53 bits per heavy atom. The van der Waals surface area contributed by atoms with Crippen molar-refractivity contribution < 1.29 is 9.90 Å². The first kappa shape index (κ1) is 18.4. The highest BCUT2D eigenvalue weighted by molar-refractivity contribution is 8.22. The van der Waals surface area contributed by atoms with Gasteiger partial charge in [0.05, 0.1) is 6.61 Å². The minimum atomic E-state index is 0.230. The topological polar surface area (TPSA) is 37.3 Å². The van der Waals surface area contributed by atoms with Crippen LogP contribution < -0.4 is 0 Å². The Hall–Kier alpha value is 1.38. The normalized spacial score (nSPS) is 10.7. The number of hydrogen-bond acceptors (Lipinski definition) is 7. The molecule has 0 bridgehead atoms. The molecule has 102 valence electrons. The highest BCUT2D eigenvalue weighted by Gasteiger charge is 2.02. The third-order valence-corrected chi connectivity index (χ3v) is 7.14. The fourth-order valence-electron chi connectivity index (χ4n) is 0.844. The van der Waals surface area contributed by atoms with Gasteiger partial charge in [-0.15, -0.1) is 11.8 Å². The van der Waals surface area contributed by atoms with Gasteiger partial charge >= 0.3 is 0 Å². The minimum Gasteiger partial charge on any atom is -0.396 e. The molecule has 0 amide bonds. The zero-order valence-corrected chi connectivity index (χ0v) is 14.1. The molecule has 0 saturated carbocycles. The van der Waals surface area contributed by atoms with E-state index >= 15 is 0 Å². The van der Waals surface area contributed by atoms with Crippen molar-refractivity contribution in [3.63, 3.8) is 0 Å². The molecule has 0 aromatic carbocycles. The minimum absolute atomic E-state index is 0.230. The van der Waals surface area contributed by atoms with Gasteiger partial charge in [0.2, 0.25) is 0 Å². The van der Waals surface area contributed by atoms with Gasteiger partial charge in [-0.3, -0.25) is 4.79 Å². The molecule has 0 aromatic rings. The second kappa shape index (κ2) is 15.4. The summed E-state index contributed by atoms with van der Waals surface area (Å²) in [6, 6.07) is 0. The number of thioether (sulfide) groups is 5. The zero-order chi connectivity index (χ0) is 12.8. The zero-order valence-electron chi connectivity index (χ0n) is 10.1. The summed E-state index contributed by atoms with van der Waals surface area (Å²) in [5, 5.41) is 11.1. The van der Waals surface area contributed by atoms with Gasteiger partial charge in [0.25, 0.3) is 0 Å². The monoisotopic (exact) mass is 332 g/mol. The molecular formula is C10H20O2S5. The van der Waals surface area contributed by atoms with Gasteiger partial charge in [0.15, 0.2) is 5.12 Å². The van der Waals surface area contributed by atoms with Crippen molar-refractivity contribution in [1.29, 1.82) is 0 Å². The van der Waals surface area contributed by atoms with Crippen LogP contribution in [-0.2, 0) is 4.79 Å². The Bertz CT molecular complexity index is 180. The van der Waals surface area contributed by atoms with Crippen LogP contribution in [0.2, 0.25) is 0 Å². The van der Waals surface area contributed by atoms with Crippen LogP contribution in [0.4, 0.5) is 0 Å². The van der Waals surface area contributed by atoms with Gasteiger partial charge in [0.1, 0.15) is 0 Å². The maximum absolute atomic E-state index is 11.4. The van der Waals surface area contributed by atoms with Crippen molar-refractivity contribution in [2.75, 3.05) is 46.0 Å². The van der Waals surface area contributed by atoms with Crippen molar-refractivity contribution in [3.8, 4) is 0 Å². The van der Waals surface area contributed by atoms with Crippen LogP contribution >= 0.6 is 58.8 Å². The SMILES string of the molecule is CSCSCSCCC(=O)SCCSCCO. The van der Waals surface area contributed by atoms with E-state index in [9.17, 15) is 4.79 Å². The van der Waals surface area contributed by atoms with Crippen LogP contribution in [0, 0.1) is 0 Å². The number of carbonyl (C=O) groups is 1. The van der Waals surface area contributed by atoms with Gasteiger partial charge < -0.3 is 5.11 Å². The molecule has 0 aliphatic rings. The predicted molar refractivity (Wildman–Crippen MR) is 89.8 cm³/mol. The summed E-state index contributed by atoms with van der Waals surface area (Å²) in [6.07, 6.45) is 2.78. The lowest BCUT2D eigenvalue weighted by atomic mass is 10.5. The van der Waals surface area contributed by atoms with E-state index in [1.807, 2.05) is 35.3 Å². The van der Waals surface area contributed by atoms with E-state index in [0.717, 1.165) is 33.2 Å². The molecule has 0 atom stereocenters. The average molecular weight is 333 g/mol. The quantitative estimate of drug-likeness (QED) is 0.435. The average Bonchev–Trinajstić information content (AvgIpc) is 2.33. The summed E-state index contributed by atoms with van der Waals surface area (Å²) in [5.74, 6) is 3.54. The van der Waals surface area contributed by atoms with Crippen LogP contribution in [0.15, 0.2) is 0 Å². The molecule has 7 heteroatoms. The number of rotatable bonds is 12. The smallest absolute Gasteiger partial charge is 0.189 e. The molecule has 2 nitrogen and oxygen atoms in total. The van der Waals surface area contributed by atoms with E-state index in [0.29, 0.717) is 11.5 Å². The molecular weight excluding hydrogens is 312 g/mol. The molecule has 0 fully saturated rings. The predicted octanol–water partition coefficient (Wildman–Crippen LogP) is 3.11. The largest absolute Gasteiger partial charge is 0.396 e. The molecule has 0 heterocycles. The van der Waals surface area contributed by atoms with E-state index in [2.05, 4.69) is 6.26 Å². The van der Waals surface area contributed by atoms with E-state index < -0.39 is 0 Å². The molecule has 0 spiro atoms. The second-order valence-electron chi connectivity index (χ2n) is 2.94. The Labute approximate surface area is 126 Å². The highest BCUT2D eigenvalue weighted by atomic mass is 32.2. The van der Waals surface area contributed by atoms with Gasteiger partial charge in [-0.2, -0.15) is 35.3 Å². The molecule has 0 saturated heterocycles. The number of aliphatic hydroxyl groups is 1. The Kier molecular flexibility index (Phi) is 16.7. The number of aliphatic hydroxyl groups excluding tert-OH is 1. The van der Waals surface area contributed by atoms with Crippen molar-refractivity contribution in [2.45, 2.75) is 6.42 Å². The van der Waals surface area contributed by atoms with Crippen molar-refractivity contribution in [2.24, 2.45) is 0 Å². The number of carbonyl (C=O) groups excluding carboxylic acids is 1. The lowest BCUT2D eigenvalue weighted by Crippen LogP contribution is -1.98. The summed E-state index contributed by atoms with van der Waals surface area (Å²) in [4.78, 5) is 11.4. The summed E-state index contributed by atoms with van der Waals surface area (Å²) in [5.41, 5.74) is 0. The van der Waals surface area contributed by atoms with Crippen LogP contribution in [0.25, 0.3) is 0 Å². The Morgan fingerprint density at radius 2 is 1.82 bits per heavy atom. The molecule has 0 unspecified atom stereocenters. The molecule has 0 aliphatic carbocycles. The summed E-state index contributed by atoms with van der Waals surface area (Å²) in [7, 11) is 0. The first-order chi connectivity index (χ1) is 8.31. The highest BCUT2D eigenvalue weighted by Crippen LogP contribution is 2.18. The van der Waals surface area contributed by atoms with Gasteiger partial charge in [0, 0.05) is 39.6 Å². The Morgan fingerprint density at radius 1 is 1.00 bits per heavy atom. The standard InChI is InChI=1S/C10H20O2S5/c1-13-8-16-9-15-4-2-10(12)17-7-6-14-5-3-11/h11H,2-9H2,1H3. The van der Waals surface area contributed by atoms with Gasteiger partial charge in [-0.05, 0) is 6.26 Å². The first-order valence-corrected chi connectivity index (χ1v) is 11.1. The molecule has 0 aromatic heterocycles. The van der Waals surface area contributed by atoms with Gasteiger partial charge in [-0.25, -0.2) is 0 Å².